The molecule has 5 nitrogen and oxygen atoms in total. The molecule has 0 spiro atoms. The number of carbonyl (C=O) groups is 2. The number of rotatable bonds is 6. The fourth-order valence-electron chi connectivity index (χ4n) is 2.41. The molecule has 0 aromatic heterocycles. The zero-order chi connectivity index (χ0) is 18.5. The zero-order valence-corrected chi connectivity index (χ0v) is 14.8. The summed E-state index contributed by atoms with van der Waals surface area (Å²) in [5, 5.41) is -0.348. The highest BCUT2D eigenvalue weighted by molar-refractivity contribution is 8.18. The molecule has 2 aromatic carbocycles. The van der Waals surface area contributed by atoms with Gasteiger partial charge in [-0.05, 0) is 48.2 Å². The minimum absolute atomic E-state index is 0.116. The second-order valence-corrected chi connectivity index (χ2v) is 6.37. The second kappa shape index (κ2) is 8.05. The van der Waals surface area contributed by atoms with E-state index in [9.17, 15) is 14.0 Å². The van der Waals surface area contributed by atoms with E-state index in [4.69, 9.17) is 9.47 Å². The van der Waals surface area contributed by atoms with Gasteiger partial charge in [0.1, 0.15) is 23.9 Å². The van der Waals surface area contributed by atoms with Crippen molar-refractivity contribution >= 4 is 29.0 Å². The van der Waals surface area contributed by atoms with Crippen LogP contribution in [0.2, 0.25) is 0 Å². The summed E-state index contributed by atoms with van der Waals surface area (Å²) >= 11 is 0.882. The summed E-state index contributed by atoms with van der Waals surface area (Å²) in [5.41, 5.74) is 0.725. The highest BCUT2D eigenvalue weighted by Gasteiger charge is 2.34. The lowest BCUT2D eigenvalue weighted by atomic mass is 10.2. The first-order valence-electron chi connectivity index (χ1n) is 7.85. The largest absolute Gasteiger partial charge is 0.496 e. The molecule has 0 radical (unpaired) electrons. The zero-order valence-electron chi connectivity index (χ0n) is 14.0. The average Bonchev–Trinajstić information content (AvgIpc) is 2.91. The Hall–Kier alpha value is -2.80. The third-order valence-corrected chi connectivity index (χ3v) is 4.60. The number of imide groups is 1. The maximum atomic E-state index is 12.9. The summed E-state index contributed by atoms with van der Waals surface area (Å²) < 4.78 is 23.6. The number of carbonyl (C=O) groups excluding carboxylic acids is 2. The minimum Gasteiger partial charge on any atom is -0.496 e. The van der Waals surface area contributed by atoms with Crippen LogP contribution < -0.4 is 9.47 Å². The Morgan fingerprint density at radius 3 is 2.58 bits per heavy atom. The van der Waals surface area contributed by atoms with Crippen molar-refractivity contribution in [2.45, 2.75) is 0 Å². The standard InChI is InChI=1S/C19H16FNO4S/c1-24-16-5-3-2-4-13(16)12-17-18(22)21(19(23)26-17)10-11-25-15-8-6-14(20)7-9-15/h2-9,12H,10-11H2,1H3/b17-12-. The van der Waals surface area contributed by atoms with Gasteiger partial charge >= 0.3 is 0 Å². The van der Waals surface area contributed by atoms with E-state index in [1.807, 2.05) is 18.2 Å². The van der Waals surface area contributed by atoms with Crippen LogP contribution in [-0.2, 0) is 4.79 Å². The molecule has 1 aliphatic heterocycles. The van der Waals surface area contributed by atoms with Gasteiger partial charge in [-0.1, -0.05) is 18.2 Å². The van der Waals surface area contributed by atoms with Crippen LogP contribution in [0.4, 0.5) is 9.18 Å². The van der Waals surface area contributed by atoms with Gasteiger partial charge in [0, 0.05) is 5.56 Å². The van der Waals surface area contributed by atoms with E-state index in [1.54, 1.807) is 19.3 Å². The lowest BCUT2D eigenvalue weighted by molar-refractivity contribution is -0.123. The quantitative estimate of drug-likeness (QED) is 0.718. The van der Waals surface area contributed by atoms with Gasteiger partial charge in [0.05, 0.1) is 18.6 Å². The molecule has 26 heavy (non-hydrogen) atoms. The van der Waals surface area contributed by atoms with Crippen molar-refractivity contribution in [1.29, 1.82) is 0 Å². The second-order valence-electron chi connectivity index (χ2n) is 5.38. The van der Waals surface area contributed by atoms with E-state index in [0.29, 0.717) is 16.4 Å². The van der Waals surface area contributed by atoms with Crippen LogP contribution in [-0.4, -0.2) is 36.3 Å². The van der Waals surface area contributed by atoms with Crippen LogP contribution in [0.1, 0.15) is 5.56 Å². The van der Waals surface area contributed by atoms with Crippen LogP contribution >= 0.6 is 11.8 Å². The maximum Gasteiger partial charge on any atom is 0.293 e. The molecule has 7 heteroatoms. The molecule has 1 fully saturated rings. The Morgan fingerprint density at radius 1 is 1.12 bits per heavy atom. The third-order valence-electron chi connectivity index (χ3n) is 3.70. The highest BCUT2D eigenvalue weighted by Crippen LogP contribution is 2.33. The molecular weight excluding hydrogens is 357 g/mol. The van der Waals surface area contributed by atoms with Crippen molar-refractivity contribution < 1.29 is 23.5 Å². The number of nitrogens with zero attached hydrogens (tertiary/aromatic N) is 1. The lowest BCUT2D eigenvalue weighted by Crippen LogP contribution is -2.32. The Balaban J connectivity index is 1.65. The van der Waals surface area contributed by atoms with Crippen LogP contribution in [0.5, 0.6) is 11.5 Å². The van der Waals surface area contributed by atoms with Gasteiger partial charge in [0.15, 0.2) is 0 Å². The number of hydrogen-bond donors (Lipinski definition) is 0. The Labute approximate surface area is 154 Å². The van der Waals surface area contributed by atoms with E-state index in [0.717, 1.165) is 22.2 Å². The van der Waals surface area contributed by atoms with Gasteiger partial charge in [0.25, 0.3) is 11.1 Å². The monoisotopic (exact) mass is 373 g/mol. The van der Waals surface area contributed by atoms with E-state index >= 15 is 0 Å². The number of hydrogen-bond acceptors (Lipinski definition) is 5. The van der Waals surface area contributed by atoms with Crippen molar-refractivity contribution in [1.82, 2.24) is 4.90 Å². The van der Waals surface area contributed by atoms with E-state index in [-0.39, 0.29) is 30.1 Å². The SMILES string of the molecule is COc1ccccc1/C=C1\SC(=O)N(CCOc2ccc(F)cc2)C1=O. The maximum absolute atomic E-state index is 12.9. The van der Waals surface area contributed by atoms with Gasteiger partial charge in [-0.25, -0.2) is 4.39 Å². The fraction of sp³-hybridized carbons (Fsp3) is 0.158. The van der Waals surface area contributed by atoms with Gasteiger partial charge in [-0.15, -0.1) is 0 Å². The van der Waals surface area contributed by atoms with Crippen LogP contribution in [0.15, 0.2) is 53.4 Å². The summed E-state index contributed by atoms with van der Waals surface area (Å²) in [5.74, 6) is 0.375. The van der Waals surface area contributed by atoms with Gasteiger partial charge in [-0.2, -0.15) is 0 Å². The third kappa shape index (κ3) is 4.05. The molecule has 1 aliphatic rings. The van der Waals surface area contributed by atoms with E-state index in [1.165, 1.54) is 24.3 Å². The normalized spacial score (nSPS) is 15.6. The molecule has 2 amide bonds. The van der Waals surface area contributed by atoms with Crippen LogP contribution in [0.3, 0.4) is 0 Å². The smallest absolute Gasteiger partial charge is 0.293 e. The number of ether oxygens (including phenoxy) is 2. The molecule has 1 saturated heterocycles. The average molecular weight is 373 g/mol. The summed E-state index contributed by atoms with van der Waals surface area (Å²) in [6, 6.07) is 12.8. The summed E-state index contributed by atoms with van der Waals surface area (Å²) in [6.45, 7) is 0.247. The number of amides is 2. The van der Waals surface area contributed by atoms with Crippen molar-refractivity contribution in [3.63, 3.8) is 0 Å². The Kier molecular flexibility index (Phi) is 5.58. The molecule has 0 bridgehead atoms. The predicted molar refractivity (Wildman–Crippen MR) is 97.6 cm³/mol. The summed E-state index contributed by atoms with van der Waals surface area (Å²) in [4.78, 5) is 26.1. The van der Waals surface area contributed by atoms with Gasteiger partial charge in [-0.3, -0.25) is 14.5 Å². The van der Waals surface area contributed by atoms with E-state index < -0.39 is 0 Å². The van der Waals surface area contributed by atoms with Crippen molar-refractivity contribution in [2.75, 3.05) is 20.3 Å². The predicted octanol–water partition coefficient (Wildman–Crippen LogP) is 3.95. The van der Waals surface area contributed by atoms with E-state index in [2.05, 4.69) is 0 Å². The fourth-order valence-corrected chi connectivity index (χ4v) is 3.26. The molecule has 0 atom stereocenters. The number of benzene rings is 2. The number of methoxy groups -OCH3 is 1. The summed E-state index contributed by atoms with van der Waals surface area (Å²) in [7, 11) is 1.55. The molecule has 0 unspecified atom stereocenters. The van der Waals surface area contributed by atoms with Gasteiger partial charge < -0.3 is 9.47 Å². The van der Waals surface area contributed by atoms with Crippen LogP contribution in [0.25, 0.3) is 6.08 Å². The van der Waals surface area contributed by atoms with Crippen molar-refractivity contribution in [3.8, 4) is 11.5 Å². The molecular formula is C19H16FNO4S. The molecule has 0 saturated carbocycles. The molecule has 0 N–H and O–H groups in total. The lowest BCUT2D eigenvalue weighted by Gasteiger charge is -2.13. The number of halogens is 1. The number of thioether (sulfide) groups is 1. The van der Waals surface area contributed by atoms with Crippen molar-refractivity contribution in [2.24, 2.45) is 0 Å². The molecule has 0 aliphatic carbocycles. The molecule has 134 valence electrons. The Morgan fingerprint density at radius 2 is 1.85 bits per heavy atom. The number of para-hydroxylation sites is 1. The van der Waals surface area contributed by atoms with Gasteiger partial charge in [0.2, 0.25) is 0 Å². The summed E-state index contributed by atoms with van der Waals surface area (Å²) in [6.07, 6.45) is 1.64. The molecule has 1 heterocycles. The van der Waals surface area contributed by atoms with Crippen molar-refractivity contribution in [3.05, 3.63) is 64.8 Å². The topological polar surface area (TPSA) is 55.8 Å². The minimum atomic E-state index is -0.367. The first-order chi connectivity index (χ1) is 12.6. The highest BCUT2D eigenvalue weighted by atomic mass is 32.2. The first-order valence-corrected chi connectivity index (χ1v) is 8.67. The molecule has 3 rings (SSSR count). The first kappa shape index (κ1) is 18.0. The van der Waals surface area contributed by atoms with Crippen LogP contribution in [0, 0.1) is 5.82 Å². The molecule has 2 aromatic rings. The Bertz CT molecular complexity index is 851.